The molecule has 1 aliphatic rings. The van der Waals surface area contributed by atoms with Crippen LogP contribution in [-0.4, -0.2) is 28.5 Å². The zero-order valence-electron chi connectivity index (χ0n) is 16.6. The minimum atomic E-state index is -0.365. The average molecular weight is 427 g/mol. The van der Waals surface area contributed by atoms with E-state index in [1.807, 2.05) is 40.6 Å². The van der Waals surface area contributed by atoms with Gasteiger partial charge in [-0.15, -0.1) is 11.3 Å². The molecule has 1 aliphatic heterocycles. The Balaban J connectivity index is 1.32. The maximum absolute atomic E-state index is 13.0. The maximum Gasteiger partial charge on any atom is 0.334 e. The van der Waals surface area contributed by atoms with Crippen molar-refractivity contribution < 1.29 is 9.53 Å². The van der Waals surface area contributed by atoms with Crippen LogP contribution in [0.15, 0.2) is 66.3 Å². The van der Waals surface area contributed by atoms with Crippen molar-refractivity contribution in [2.75, 3.05) is 11.4 Å². The minimum absolute atomic E-state index is 0.273. The van der Waals surface area contributed by atoms with Gasteiger partial charge >= 0.3 is 5.97 Å². The number of anilines is 1. The summed E-state index contributed by atoms with van der Waals surface area (Å²) in [5.41, 5.74) is 2.62. The first-order chi connectivity index (χ1) is 15.2. The van der Waals surface area contributed by atoms with Crippen molar-refractivity contribution in [3.05, 3.63) is 71.9 Å². The van der Waals surface area contributed by atoms with Crippen LogP contribution in [0.2, 0.25) is 0 Å². The van der Waals surface area contributed by atoms with E-state index in [-0.39, 0.29) is 12.0 Å². The summed E-state index contributed by atoms with van der Waals surface area (Å²) < 4.78 is 5.71. The summed E-state index contributed by atoms with van der Waals surface area (Å²) in [6, 6.07) is 18.6. The van der Waals surface area contributed by atoms with Gasteiger partial charge in [-0.1, -0.05) is 24.3 Å². The van der Waals surface area contributed by atoms with Gasteiger partial charge in [0.1, 0.15) is 28.8 Å². The summed E-state index contributed by atoms with van der Waals surface area (Å²) in [6.45, 7) is 0.763. The number of nitriles is 1. The maximum atomic E-state index is 13.0. The highest BCUT2D eigenvalue weighted by atomic mass is 32.1. The molecule has 0 amide bonds. The Morgan fingerprint density at radius 1 is 1.06 bits per heavy atom. The van der Waals surface area contributed by atoms with Crippen molar-refractivity contribution in [3.63, 3.8) is 0 Å². The molecule has 0 spiro atoms. The van der Waals surface area contributed by atoms with Crippen molar-refractivity contribution in [1.82, 2.24) is 9.97 Å². The molecule has 1 atom stereocenters. The lowest BCUT2D eigenvalue weighted by Gasteiger charge is -2.24. The van der Waals surface area contributed by atoms with Crippen LogP contribution < -0.4 is 9.64 Å². The molecule has 0 radical (unpaired) electrons. The van der Waals surface area contributed by atoms with E-state index in [9.17, 15) is 4.79 Å². The third-order valence-electron chi connectivity index (χ3n) is 5.46. The highest BCUT2D eigenvalue weighted by Crippen LogP contribution is 2.32. The molecule has 0 aliphatic carbocycles. The largest absolute Gasteiger partial charge is 0.425 e. The molecule has 2 aromatic carbocycles. The van der Waals surface area contributed by atoms with Crippen LogP contribution in [0.3, 0.4) is 0 Å². The van der Waals surface area contributed by atoms with E-state index in [2.05, 4.69) is 16.0 Å². The molecular formula is C24H18N4O2S. The van der Waals surface area contributed by atoms with Crippen molar-refractivity contribution in [1.29, 1.82) is 5.26 Å². The molecule has 152 valence electrons. The van der Waals surface area contributed by atoms with Gasteiger partial charge in [0, 0.05) is 6.54 Å². The highest BCUT2D eigenvalue weighted by molar-refractivity contribution is 7.16. The Morgan fingerprint density at radius 2 is 1.81 bits per heavy atom. The van der Waals surface area contributed by atoms with Crippen molar-refractivity contribution in [2.45, 2.75) is 18.9 Å². The van der Waals surface area contributed by atoms with Crippen LogP contribution in [0.25, 0.3) is 21.3 Å². The zero-order chi connectivity index (χ0) is 21.2. The topological polar surface area (TPSA) is 79.1 Å². The molecule has 7 heteroatoms. The summed E-state index contributed by atoms with van der Waals surface area (Å²) >= 11 is 1.56. The molecule has 5 rings (SSSR count). The molecule has 31 heavy (non-hydrogen) atoms. The van der Waals surface area contributed by atoms with Crippen molar-refractivity contribution in [3.8, 4) is 22.9 Å². The number of hydrogen-bond acceptors (Lipinski definition) is 7. The zero-order valence-corrected chi connectivity index (χ0v) is 17.4. The quantitative estimate of drug-likeness (QED) is 0.344. The molecule has 1 unspecified atom stereocenters. The van der Waals surface area contributed by atoms with E-state index >= 15 is 0 Å². The molecule has 2 aromatic heterocycles. The predicted molar refractivity (Wildman–Crippen MR) is 120 cm³/mol. The molecule has 0 bridgehead atoms. The van der Waals surface area contributed by atoms with E-state index in [1.165, 1.54) is 0 Å². The molecule has 3 heterocycles. The lowest BCUT2D eigenvalue weighted by molar-refractivity contribution is -0.135. The van der Waals surface area contributed by atoms with Crippen LogP contribution in [0.1, 0.15) is 18.4 Å². The fourth-order valence-electron chi connectivity index (χ4n) is 3.91. The number of nitrogens with zero attached hydrogens (tertiary/aromatic N) is 4. The summed E-state index contributed by atoms with van der Waals surface area (Å²) in [5.74, 6) is 1.03. The number of aromatic nitrogens is 2. The molecule has 0 saturated carbocycles. The van der Waals surface area contributed by atoms with Gasteiger partial charge in [0.15, 0.2) is 0 Å². The normalized spacial score (nSPS) is 15.7. The molecule has 6 nitrogen and oxygen atoms in total. The van der Waals surface area contributed by atoms with Crippen molar-refractivity contribution in [2.24, 2.45) is 0 Å². The van der Waals surface area contributed by atoms with E-state index < -0.39 is 0 Å². The second-order valence-corrected chi connectivity index (χ2v) is 8.22. The number of carbonyl (C=O) groups is 1. The van der Waals surface area contributed by atoms with Gasteiger partial charge in [0.05, 0.1) is 17.0 Å². The third-order valence-corrected chi connectivity index (χ3v) is 6.28. The highest BCUT2D eigenvalue weighted by Gasteiger charge is 2.34. The SMILES string of the molecule is N#Cc1ccc(-c2ccc(OC(=O)C3CCCN3c3ncnc4sccc34)cc2)cc1. The van der Waals surface area contributed by atoms with Gasteiger partial charge in [0.25, 0.3) is 0 Å². The van der Waals surface area contributed by atoms with Crippen molar-refractivity contribution >= 4 is 33.3 Å². The molecule has 4 aromatic rings. The number of benzene rings is 2. The van der Waals surface area contributed by atoms with Gasteiger partial charge in [-0.25, -0.2) is 14.8 Å². The van der Waals surface area contributed by atoms with Gasteiger partial charge in [-0.3, -0.25) is 0 Å². The van der Waals surface area contributed by atoms with Gasteiger partial charge in [0.2, 0.25) is 0 Å². The first-order valence-electron chi connectivity index (χ1n) is 10.00. The molecule has 1 fully saturated rings. The van der Waals surface area contributed by atoms with E-state index in [4.69, 9.17) is 10.00 Å². The number of rotatable bonds is 4. The van der Waals surface area contributed by atoms with E-state index in [0.29, 0.717) is 11.3 Å². The fraction of sp³-hybridized carbons (Fsp3) is 0.167. The van der Waals surface area contributed by atoms with Crippen LogP contribution >= 0.6 is 11.3 Å². The third kappa shape index (κ3) is 3.74. The smallest absolute Gasteiger partial charge is 0.334 e. The molecular weight excluding hydrogens is 408 g/mol. The number of esters is 1. The average Bonchev–Trinajstić information content (AvgIpc) is 3.49. The minimum Gasteiger partial charge on any atom is -0.425 e. The van der Waals surface area contributed by atoms with Crippen LogP contribution in [0.5, 0.6) is 5.75 Å². The first-order valence-corrected chi connectivity index (χ1v) is 10.9. The number of thiophene rings is 1. The Labute approximate surface area is 183 Å². The van der Waals surface area contributed by atoms with E-state index in [1.54, 1.807) is 41.9 Å². The Kier molecular flexibility index (Phi) is 5.06. The Morgan fingerprint density at radius 3 is 2.55 bits per heavy atom. The van der Waals surface area contributed by atoms with Crippen LogP contribution in [-0.2, 0) is 4.79 Å². The second-order valence-electron chi connectivity index (χ2n) is 7.32. The monoisotopic (exact) mass is 426 g/mol. The number of carbonyl (C=O) groups excluding carboxylic acids is 1. The summed E-state index contributed by atoms with van der Waals surface area (Å²) in [4.78, 5) is 24.7. The lowest BCUT2D eigenvalue weighted by Crippen LogP contribution is -2.39. The summed E-state index contributed by atoms with van der Waals surface area (Å²) in [7, 11) is 0. The van der Waals surface area contributed by atoms with Gasteiger partial charge in [-0.05, 0) is 59.7 Å². The fourth-order valence-corrected chi connectivity index (χ4v) is 4.64. The predicted octanol–water partition coefficient (Wildman–Crippen LogP) is 4.80. The standard InChI is InChI=1S/C24H18N4O2S/c25-14-16-3-5-17(6-4-16)18-7-9-19(10-8-18)30-24(29)21-2-1-12-28(21)22-20-11-13-31-23(20)27-15-26-22/h3-11,13,15,21H,1-2,12H2. The Hall–Kier alpha value is -3.76. The first kappa shape index (κ1) is 19.2. The Bertz CT molecular complexity index is 1280. The number of hydrogen-bond donors (Lipinski definition) is 0. The lowest BCUT2D eigenvalue weighted by atomic mass is 10.0. The second kappa shape index (κ2) is 8.17. The summed E-state index contributed by atoms with van der Waals surface area (Å²) in [5, 5.41) is 11.9. The number of fused-ring (bicyclic) bond motifs is 1. The molecule has 0 N–H and O–H groups in total. The van der Waals surface area contributed by atoms with Crippen LogP contribution in [0, 0.1) is 11.3 Å². The van der Waals surface area contributed by atoms with Gasteiger partial charge in [-0.2, -0.15) is 5.26 Å². The summed E-state index contributed by atoms with van der Waals surface area (Å²) in [6.07, 6.45) is 3.20. The molecule has 1 saturated heterocycles. The van der Waals surface area contributed by atoms with Gasteiger partial charge < -0.3 is 9.64 Å². The van der Waals surface area contributed by atoms with E-state index in [0.717, 1.165) is 46.5 Å². The number of ether oxygens (including phenoxy) is 1. The van der Waals surface area contributed by atoms with Crippen LogP contribution in [0.4, 0.5) is 5.82 Å².